The number of aliphatic hydroxyl groups excluding tert-OH is 2. The SMILES string of the molecule is CCCC[C@H](N)[C@@H](O)C(=O)O.CCCC[C@H](N)[C@H](O)C(=O)O.Cl.Cl. The van der Waals surface area contributed by atoms with Gasteiger partial charge in [0.1, 0.15) is 0 Å². The van der Waals surface area contributed by atoms with Gasteiger partial charge in [-0.05, 0) is 12.8 Å². The lowest BCUT2D eigenvalue weighted by molar-refractivity contribution is -0.148. The highest BCUT2D eigenvalue weighted by molar-refractivity contribution is 5.85. The van der Waals surface area contributed by atoms with E-state index < -0.39 is 36.2 Å². The molecule has 24 heavy (non-hydrogen) atoms. The molecule has 0 amide bonds. The third-order valence-corrected chi connectivity index (χ3v) is 3.10. The van der Waals surface area contributed by atoms with Gasteiger partial charge in [0, 0.05) is 12.1 Å². The van der Waals surface area contributed by atoms with Crippen molar-refractivity contribution in [2.24, 2.45) is 11.5 Å². The largest absolute Gasteiger partial charge is 0.479 e. The fourth-order valence-electron chi connectivity index (χ4n) is 1.56. The topological polar surface area (TPSA) is 167 Å². The molecule has 0 aromatic heterocycles. The summed E-state index contributed by atoms with van der Waals surface area (Å²) in [6, 6.07) is -1.26. The van der Waals surface area contributed by atoms with Crippen LogP contribution in [0.15, 0.2) is 0 Å². The van der Waals surface area contributed by atoms with Gasteiger partial charge in [-0.3, -0.25) is 0 Å². The Labute approximate surface area is 155 Å². The van der Waals surface area contributed by atoms with Crippen LogP contribution >= 0.6 is 24.8 Å². The molecular formula is C14H32Cl2N2O6. The van der Waals surface area contributed by atoms with E-state index in [1.165, 1.54) is 0 Å². The summed E-state index contributed by atoms with van der Waals surface area (Å²) in [6.45, 7) is 3.97. The summed E-state index contributed by atoms with van der Waals surface area (Å²) in [5.41, 5.74) is 10.7. The lowest BCUT2D eigenvalue weighted by atomic mass is 10.1. The number of carboxylic acid groups (broad SMARTS) is 2. The van der Waals surface area contributed by atoms with E-state index in [0.29, 0.717) is 12.8 Å². The molecule has 0 bridgehead atoms. The van der Waals surface area contributed by atoms with Gasteiger partial charge in [-0.2, -0.15) is 0 Å². The molecule has 148 valence electrons. The molecule has 0 aromatic carbocycles. The van der Waals surface area contributed by atoms with E-state index in [1.807, 2.05) is 13.8 Å². The van der Waals surface area contributed by atoms with Crippen LogP contribution in [0.3, 0.4) is 0 Å². The first-order valence-corrected chi connectivity index (χ1v) is 7.51. The number of hydrogen-bond acceptors (Lipinski definition) is 6. The molecule has 0 aliphatic heterocycles. The Morgan fingerprint density at radius 3 is 1.21 bits per heavy atom. The minimum Gasteiger partial charge on any atom is -0.479 e. The van der Waals surface area contributed by atoms with Crippen molar-refractivity contribution in [3.63, 3.8) is 0 Å². The quantitative estimate of drug-likeness (QED) is 0.315. The molecule has 0 saturated carbocycles. The number of unbranched alkanes of at least 4 members (excludes halogenated alkanes) is 2. The van der Waals surface area contributed by atoms with Crippen LogP contribution in [0, 0.1) is 0 Å². The molecule has 10 heteroatoms. The Hall–Kier alpha value is -0.640. The lowest BCUT2D eigenvalue weighted by Crippen LogP contribution is -2.40. The molecule has 0 fully saturated rings. The molecule has 0 aliphatic carbocycles. The van der Waals surface area contributed by atoms with E-state index in [1.54, 1.807) is 0 Å². The number of halogens is 2. The minimum atomic E-state index is -1.42. The van der Waals surface area contributed by atoms with Crippen LogP contribution < -0.4 is 11.5 Å². The number of hydrogen-bond donors (Lipinski definition) is 6. The van der Waals surface area contributed by atoms with Crippen LogP contribution in [0.25, 0.3) is 0 Å². The number of nitrogens with two attached hydrogens (primary N) is 2. The summed E-state index contributed by atoms with van der Waals surface area (Å²) < 4.78 is 0. The molecule has 0 radical (unpaired) electrons. The van der Waals surface area contributed by atoms with E-state index in [2.05, 4.69) is 0 Å². The predicted octanol–water partition coefficient (Wildman–Crippen LogP) is 0.742. The average molecular weight is 395 g/mol. The van der Waals surface area contributed by atoms with Gasteiger partial charge in [0.05, 0.1) is 0 Å². The smallest absolute Gasteiger partial charge is 0.334 e. The maximum atomic E-state index is 10.2. The second-order valence-electron chi connectivity index (χ2n) is 5.18. The van der Waals surface area contributed by atoms with Crippen molar-refractivity contribution in [2.75, 3.05) is 0 Å². The Balaban J connectivity index is -0.000000154. The Morgan fingerprint density at radius 2 is 1.04 bits per heavy atom. The summed E-state index contributed by atoms with van der Waals surface area (Å²) in [7, 11) is 0. The highest BCUT2D eigenvalue weighted by Gasteiger charge is 2.21. The molecule has 0 aliphatic rings. The first-order chi connectivity index (χ1) is 10.2. The summed E-state index contributed by atoms with van der Waals surface area (Å²) >= 11 is 0. The fourth-order valence-corrected chi connectivity index (χ4v) is 1.56. The van der Waals surface area contributed by atoms with Crippen LogP contribution in [0.4, 0.5) is 0 Å². The predicted molar refractivity (Wildman–Crippen MR) is 96.8 cm³/mol. The first-order valence-electron chi connectivity index (χ1n) is 7.51. The van der Waals surface area contributed by atoms with Crippen LogP contribution in [-0.2, 0) is 9.59 Å². The van der Waals surface area contributed by atoms with Gasteiger partial charge in [-0.1, -0.05) is 39.5 Å². The maximum Gasteiger partial charge on any atom is 0.334 e. The number of aliphatic carboxylic acids is 2. The number of carboxylic acids is 2. The summed E-state index contributed by atoms with van der Waals surface area (Å²) in [5.74, 6) is -2.48. The molecule has 0 aromatic rings. The molecule has 0 heterocycles. The zero-order valence-corrected chi connectivity index (χ0v) is 15.8. The number of aliphatic hydroxyl groups is 2. The molecule has 0 unspecified atom stereocenters. The van der Waals surface area contributed by atoms with E-state index in [4.69, 9.17) is 31.9 Å². The number of carbonyl (C=O) groups is 2. The van der Waals surface area contributed by atoms with Gasteiger partial charge in [0.25, 0.3) is 0 Å². The standard InChI is InChI=1S/2C7H15NO3.2ClH/c2*1-2-3-4-5(8)6(9)7(10)11;;/h2*5-6,9H,2-4,8H2,1H3,(H,10,11);2*1H/t5-,6+;5-,6-;;/m00../s1. The van der Waals surface area contributed by atoms with Gasteiger partial charge in [0.2, 0.25) is 0 Å². The van der Waals surface area contributed by atoms with Crippen LogP contribution in [0.1, 0.15) is 52.4 Å². The Bertz CT molecular complexity index is 294. The van der Waals surface area contributed by atoms with Crippen LogP contribution in [0.2, 0.25) is 0 Å². The lowest BCUT2D eigenvalue weighted by Gasteiger charge is -2.13. The average Bonchev–Trinajstić information content (AvgIpc) is 2.48. The highest BCUT2D eigenvalue weighted by atomic mass is 35.5. The fraction of sp³-hybridized carbons (Fsp3) is 0.857. The van der Waals surface area contributed by atoms with Crippen molar-refractivity contribution in [3.05, 3.63) is 0 Å². The van der Waals surface area contributed by atoms with Crippen LogP contribution in [-0.4, -0.2) is 56.7 Å². The number of rotatable bonds is 10. The zero-order chi connectivity index (χ0) is 17.7. The second-order valence-corrected chi connectivity index (χ2v) is 5.18. The van der Waals surface area contributed by atoms with Crippen molar-refractivity contribution in [3.8, 4) is 0 Å². The van der Waals surface area contributed by atoms with Crippen molar-refractivity contribution in [1.29, 1.82) is 0 Å². The molecule has 8 nitrogen and oxygen atoms in total. The van der Waals surface area contributed by atoms with Crippen molar-refractivity contribution in [1.82, 2.24) is 0 Å². The van der Waals surface area contributed by atoms with E-state index in [0.717, 1.165) is 25.7 Å². The highest BCUT2D eigenvalue weighted by Crippen LogP contribution is 2.03. The van der Waals surface area contributed by atoms with Gasteiger partial charge >= 0.3 is 11.9 Å². The first kappa shape index (κ1) is 31.2. The maximum absolute atomic E-state index is 10.2. The van der Waals surface area contributed by atoms with Crippen molar-refractivity contribution < 1.29 is 30.0 Å². The summed E-state index contributed by atoms with van der Waals surface area (Å²) in [6.07, 6.45) is 1.91. The van der Waals surface area contributed by atoms with Gasteiger partial charge in [-0.25, -0.2) is 9.59 Å². The van der Waals surface area contributed by atoms with Gasteiger partial charge < -0.3 is 31.9 Å². The summed E-state index contributed by atoms with van der Waals surface area (Å²) in [4.78, 5) is 20.3. The van der Waals surface area contributed by atoms with E-state index in [-0.39, 0.29) is 24.8 Å². The normalized spacial score (nSPS) is 14.6. The Kier molecular flexibility index (Phi) is 24.3. The molecular weight excluding hydrogens is 363 g/mol. The molecule has 8 N–H and O–H groups in total. The Morgan fingerprint density at radius 1 is 0.792 bits per heavy atom. The van der Waals surface area contributed by atoms with Crippen molar-refractivity contribution >= 4 is 36.8 Å². The van der Waals surface area contributed by atoms with E-state index >= 15 is 0 Å². The molecule has 0 saturated heterocycles. The summed E-state index contributed by atoms with van der Waals surface area (Å²) in [5, 5.41) is 34.4. The zero-order valence-electron chi connectivity index (χ0n) is 14.1. The molecule has 0 rings (SSSR count). The van der Waals surface area contributed by atoms with Gasteiger partial charge in [-0.15, -0.1) is 24.8 Å². The van der Waals surface area contributed by atoms with Crippen LogP contribution in [0.5, 0.6) is 0 Å². The second kappa shape index (κ2) is 18.7. The minimum absolute atomic E-state index is 0. The third-order valence-electron chi connectivity index (χ3n) is 3.10. The molecule has 0 spiro atoms. The van der Waals surface area contributed by atoms with E-state index in [9.17, 15) is 9.59 Å². The van der Waals surface area contributed by atoms with Crippen molar-refractivity contribution in [2.45, 2.75) is 76.7 Å². The molecule has 4 atom stereocenters. The third kappa shape index (κ3) is 16.2. The monoisotopic (exact) mass is 394 g/mol. The van der Waals surface area contributed by atoms with Gasteiger partial charge in [0.15, 0.2) is 12.2 Å².